The summed E-state index contributed by atoms with van der Waals surface area (Å²) in [4.78, 5) is 36.7. The number of ether oxygens (including phenoxy) is 1. The van der Waals surface area contributed by atoms with Gasteiger partial charge >= 0.3 is 5.97 Å². The maximum atomic E-state index is 12.7. The number of fused-ring (bicyclic) bond motifs is 1. The third-order valence-corrected chi connectivity index (χ3v) is 4.87. The molecule has 0 radical (unpaired) electrons. The number of rotatable bonds is 2. The summed E-state index contributed by atoms with van der Waals surface area (Å²) in [5.41, 5.74) is 0.593. The molecule has 1 fully saturated rings. The molecule has 0 bridgehead atoms. The Kier molecular flexibility index (Phi) is 4.61. The van der Waals surface area contributed by atoms with Gasteiger partial charge in [0.25, 0.3) is 0 Å². The van der Waals surface area contributed by atoms with Crippen molar-refractivity contribution >= 4 is 23.7 Å². The van der Waals surface area contributed by atoms with E-state index in [1.165, 1.54) is 6.08 Å². The lowest BCUT2D eigenvalue weighted by molar-refractivity contribution is -0.131. The molecule has 3 rings (SSSR count). The van der Waals surface area contributed by atoms with Gasteiger partial charge in [-0.3, -0.25) is 9.59 Å². The highest BCUT2D eigenvalue weighted by molar-refractivity contribution is 6.01. The van der Waals surface area contributed by atoms with Gasteiger partial charge in [0.2, 0.25) is 5.91 Å². The number of ketones is 1. The van der Waals surface area contributed by atoms with Crippen LogP contribution in [0.2, 0.25) is 0 Å². The zero-order valence-corrected chi connectivity index (χ0v) is 14.2. The van der Waals surface area contributed by atoms with Crippen molar-refractivity contribution in [3.05, 3.63) is 35.4 Å². The largest absolute Gasteiger partial charge is 0.486 e. The standard InChI is InChI=1S/C19H21NO5/c1-13(21)20-9-2-7-19(8-10-20)12-16(22)15-11-14(4-6-18(23)24)3-5-17(15)25-19/h3-6,11H,2,7-10,12H2,1H3,(H,23,24). The summed E-state index contributed by atoms with van der Waals surface area (Å²) in [5, 5.41) is 8.71. The van der Waals surface area contributed by atoms with Crippen LogP contribution in [-0.2, 0) is 9.59 Å². The first-order chi connectivity index (χ1) is 11.9. The SMILES string of the molecule is CC(=O)N1CCCC2(CC1)CC(=O)c1cc(C=CC(=O)O)ccc1O2. The molecule has 2 aliphatic rings. The predicted octanol–water partition coefficient (Wildman–Crippen LogP) is 2.52. The van der Waals surface area contributed by atoms with Crippen LogP contribution in [0.4, 0.5) is 0 Å². The summed E-state index contributed by atoms with van der Waals surface area (Å²) in [5.74, 6) is -0.440. The van der Waals surface area contributed by atoms with Crippen LogP contribution < -0.4 is 4.74 Å². The molecule has 1 amide bonds. The van der Waals surface area contributed by atoms with E-state index < -0.39 is 11.6 Å². The van der Waals surface area contributed by atoms with Crippen molar-refractivity contribution in [3.63, 3.8) is 0 Å². The topological polar surface area (TPSA) is 83.9 Å². The molecule has 0 aromatic heterocycles. The van der Waals surface area contributed by atoms with Crippen molar-refractivity contribution in [2.45, 2.75) is 38.2 Å². The zero-order chi connectivity index (χ0) is 18.0. The number of hydrogen-bond donors (Lipinski definition) is 1. The van der Waals surface area contributed by atoms with Gasteiger partial charge in [0.1, 0.15) is 11.4 Å². The summed E-state index contributed by atoms with van der Waals surface area (Å²) in [7, 11) is 0. The lowest BCUT2D eigenvalue weighted by Crippen LogP contribution is -2.43. The van der Waals surface area contributed by atoms with Crippen LogP contribution in [0.15, 0.2) is 24.3 Å². The second kappa shape index (κ2) is 6.70. The Morgan fingerprint density at radius 3 is 2.80 bits per heavy atom. The van der Waals surface area contributed by atoms with Crippen LogP contribution >= 0.6 is 0 Å². The van der Waals surface area contributed by atoms with Crippen LogP contribution in [0, 0.1) is 0 Å². The molecular formula is C19H21NO5. The monoisotopic (exact) mass is 343 g/mol. The maximum absolute atomic E-state index is 12.7. The Hall–Kier alpha value is -2.63. The van der Waals surface area contributed by atoms with Gasteiger partial charge in [0, 0.05) is 32.5 Å². The Morgan fingerprint density at radius 2 is 2.08 bits per heavy atom. The van der Waals surface area contributed by atoms with Gasteiger partial charge in [-0.1, -0.05) is 6.07 Å². The summed E-state index contributed by atoms with van der Waals surface area (Å²) in [6.07, 6.45) is 4.97. The molecule has 0 saturated carbocycles. The van der Waals surface area contributed by atoms with Gasteiger partial charge in [-0.15, -0.1) is 0 Å². The van der Waals surface area contributed by atoms with Gasteiger partial charge in [-0.25, -0.2) is 4.79 Å². The van der Waals surface area contributed by atoms with E-state index in [-0.39, 0.29) is 18.1 Å². The van der Waals surface area contributed by atoms with Crippen LogP contribution in [0.25, 0.3) is 6.08 Å². The molecule has 1 aromatic rings. The summed E-state index contributed by atoms with van der Waals surface area (Å²) < 4.78 is 6.22. The fourth-order valence-corrected chi connectivity index (χ4v) is 3.54. The lowest BCUT2D eigenvalue weighted by atomic mass is 9.84. The number of Topliss-reactive ketones (excluding diaryl/α,β-unsaturated/α-hetero) is 1. The van der Waals surface area contributed by atoms with Crippen LogP contribution in [-0.4, -0.2) is 46.4 Å². The van der Waals surface area contributed by atoms with Crippen molar-refractivity contribution in [2.75, 3.05) is 13.1 Å². The Labute approximate surface area is 146 Å². The molecule has 1 N–H and O–H groups in total. The number of likely N-dealkylation sites (tertiary alicyclic amines) is 1. The molecule has 0 aliphatic carbocycles. The summed E-state index contributed by atoms with van der Waals surface area (Å²) >= 11 is 0. The molecule has 1 atom stereocenters. The van der Waals surface area contributed by atoms with Crippen molar-refractivity contribution in [1.82, 2.24) is 4.90 Å². The minimum atomic E-state index is -1.03. The van der Waals surface area contributed by atoms with Crippen molar-refractivity contribution in [1.29, 1.82) is 0 Å². The third kappa shape index (κ3) is 3.73. The average Bonchev–Trinajstić information content (AvgIpc) is 2.76. The van der Waals surface area contributed by atoms with Crippen molar-refractivity contribution < 1.29 is 24.2 Å². The van der Waals surface area contributed by atoms with Crippen LogP contribution in [0.1, 0.15) is 48.5 Å². The molecule has 2 aliphatic heterocycles. The summed E-state index contributed by atoms with van der Waals surface area (Å²) in [6.45, 7) is 2.85. The number of aliphatic carboxylic acids is 1. The maximum Gasteiger partial charge on any atom is 0.328 e. The first-order valence-electron chi connectivity index (χ1n) is 8.41. The van der Waals surface area contributed by atoms with Crippen LogP contribution in [0.5, 0.6) is 5.75 Å². The minimum absolute atomic E-state index is 0.00287. The third-order valence-electron chi connectivity index (χ3n) is 4.87. The number of carboxylic acid groups (broad SMARTS) is 1. The predicted molar refractivity (Wildman–Crippen MR) is 91.5 cm³/mol. The smallest absolute Gasteiger partial charge is 0.328 e. The van der Waals surface area contributed by atoms with Gasteiger partial charge in [0.15, 0.2) is 5.78 Å². The molecule has 6 nitrogen and oxygen atoms in total. The number of carbonyl (C=O) groups excluding carboxylic acids is 2. The van der Waals surface area contributed by atoms with E-state index in [0.29, 0.717) is 36.4 Å². The zero-order valence-electron chi connectivity index (χ0n) is 14.2. The first kappa shape index (κ1) is 17.2. The molecule has 25 heavy (non-hydrogen) atoms. The summed E-state index contributed by atoms with van der Waals surface area (Å²) in [6, 6.07) is 5.13. The van der Waals surface area contributed by atoms with E-state index in [1.807, 2.05) is 0 Å². The molecule has 132 valence electrons. The van der Waals surface area contributed by atoms with Gasteiger partial charge < -0.3 is 14.7 Å². The van der Waals surface area contributed by atoms with Crippen molar-refractivity contribution in [3.8, 4) is 5.75 Å². The van der Waals surface area contributed by atoms with Gasteiger partial charge in [-0.05, 0) is 36.6 Å². The highest BCUT2D eigenvalue weighted by Crippen LogP contribution is 2.39. The van der Waals surface area contributed by atoms with Crippen LogP contribution in [0.3, 0.4) is 0 Å². The highest BCUT2D eigenvalue weighted by atomic mass is 16.5. The minimum Gasteiger partial charge on any atom is -0.486 e. The van der Waals surface area contributed by atoms with E-state index >= 15 is 0 Å². The molecule has 1 unspecified atom stereocenters. The van der Waals surface area contributed by atoms with E-state index in [0.717, 1.165) is 18.9 Å². The lowest BCUT2D eigenvalue weighted by Gasteiger charge is -2.37. The van der Waals surface area contributed by atoms with Gasteiger partial charge in [-0.2, -0.15) is 0 Å². The number of benzene rings is 1. The second-order valence-corrected chi connectivity index (χ2v) is 6.67. The van der Waals surface area contributed by atoms with Crippen molar-refractivity contribution in [2.24, 2.45) is 0 Å². The molecule has 6 heteroatoms. The highest BCUT2D eigenvalue weighted by Gasteiger charge is 2.41. The number of carboxylic acids is 1. The second-order valence-electron chi connectivity index (χ2n) is 6.67. The molecule has 1 saturated heterocycles. The normalized spacial score (nSPS) is 23.2. The Balaban J connectivity index is 1.83. The van der Waals surface area contributed by atoms with Gasteiger partial charge in [0.05, 0.1) is 12.0 Å². The quantitative estimate of drug-likeness (QED) is 0.834. The molecule has 2 heterocycles. The van der Waals surface area contributed by atoms with E-state index in [9.17, 15) is 14.4 Å². The Morgan fingerprint density at radius 1 is 1.28 bits per heavy atom. The number of hydrogen-bond acceptors (Lipinski definition) is 4. The fraction of sp³-hybridized carbons (Fsp3) is 0.421. The van der Waals surface area contributed by atoms with E-state index in [2.05, 4.69) is 0 Å². The molecule has 1 spiro atoms. The average molecular weight is 343 g/mol. The van der Waals surface area contributed by atoms with E-state index in [4.69, 9.17) is 9.84 Å². The number of nitrogens with zero attached hydrogens (tertiary/aromatic N) is 1. The number of carbonyl (C=O) groups is 3. The fourth-order valence-electron chi connectivity index (χ4n) is 3.54. The molecular weight excluding hydrogens is 322 g/mol. The first-order valence-corrected chi connectivity index (χ1v) is 8.41. The molecule has 1 aromatic carbocycles. The number of amides is 1. The van der Waals surface area contributed by atoms with E-state index in [1.54, 1.807) is 30.0 Å². The Bertz CT molecular complexity index is 754.